The Kier molecular flexibility index (Phi) is 8.33. The number of carbonyl (C=O) groups excluding carboxylic acids is 1. The van der Waals surface area contributed by atoms with Gasteiger partial charge in [0.15, 0.2) is 8.68 Å². The highest BCUT2D eigenvalue weighted by Gasteiger charge is 2.22. The van der Waals surface area contributed by atoms with E-state index in [0.717, 1.165) is 40.6 Å². The van der Waals surface area contributed by atoms with Gasteiger partial charge in [-0.3, -0.25) is 4.79 Å². The summed E-state index contributed by atoms with van der Waals surface area (Å²) in [7, 11) is 0. The van der Waals surface area contributed by atoms with E-state index in [4.69, 9.17) is 0 Å². The van der Waals surface area contributed by atoms with Crippen LogP contribution < -0.4 is 4.90 Å². The lowest BCUT2D eigenvalue weighted by atomic mass is 10.0. The molecule has 0 radical (unpaired) electrons. The van der Waals surface area contributed by atoms with Crippen molar-refractivity contribution in [2.45, 2.75) is 41.1 Å². The van der Waals surface area contributed by atoms with Crippen LogP contribution in [0.2, 0.25) is 0 Å². The van der Waals surface area contributed by atoms with Gasteiger partial charge < -0.3 is 9.80 Å². The van der Waals surface area contributed by atoms with Crippen molar-refractivity contribution in [1.29, 1.82) is 0 Å². The topological polar surface area (TPSA) is 49.3 Å². The second-order valence-electron chi connectivity index (χ2n) is 8.51. The second-order valence-corrected chi connectivity index (χ2v) is 11.9. The molecule has 4 rings (SSSR count). The van der Waals surface area contributed by atoms with E-state index in [-0.39, 0.29) is 5.91 Å². The molecule has 1 saturated heterocycles. The number of nitrogens with zero attached hydrogens (tertiary/aromatic N) is 4. The van der Waals surface area contributed by atoms with Crippen molar-refractivity contribution in [1.82, 2.24) is 15.1 Å². The number of piperazine rings is 1. The van der Waals surface area contributed by atoms with Gasteiger partial charge in [0.25, 0.3) is 0 Å². The van der Waals surface area contributed by atoms with E-state index in [1.165, 1.54) is 34.1 Å². The number of rotatable bonds is 8. The fourth-order valence-corrected chi connectivity index (χ4v) is 6.59. The first-order valence-electron chi connectivity index (χ1n) is 11.3. The summed E-state index contributed by atoms with van der Waals surface area (Å²) in [6, 6.07) is 17.3. The molecular formula is C25H30N4OS3. The van der Waals surface area contributed by atoms with Crippen molar-refractivity contribution < 1.29 is 4.79 Å². The van der Waals surface area contributed by atoms with Gasteiger partial charge in [-0.2, -0.15) is 0 Å². The molecule has 1 aliphatic heterocycles. The molecule has 0 spiro atoms. The molecule has 8 heteroatoms. The zero-order valence-electron chi connectivity index (χ0n) is 19.4. The monoisotopic (exact) mass is 498 g/mol. The molecule has 1 aromatic heterocycles. The van der Waals surface area contributed by atoms with Crippen molar-refractivity contribution in [2.75, 3.05) is 36.8 Å². The van der Waals surface area contributed by atoms with Crippen LogP contribution in [0.4, 0.5) is 5.69 Å². The van der Waals surface area contributed by atoms with Gasteiger partial charge in [-0.25, -0.2) is 0 Å². The van der Waals surface area contributed by atoms with E-state index >= 15 is 0 Å². The van der Waals surface area contributed by atoms with Crippen LogP contribution in [0.25, 0.3) is 0 Å². The third-order valence-electron chi connectivity index (χ3n) is 5.71. The molecule has 33 heavy (non-hydrogen) atoms. The van der Waals surface area contributed by atoms with Crippen LogP contribution in [-0.4, -0.2) is 52.9 Å². The molecule has 174 valence electrons. The lowest BCUT2D eigenvalue weighted by Gasteiger charge is -2.36. The summed E-state index contributed by atoms with van der Waals surface area (Å²) in [4.78, 5) is 17.0. The number of thioether (sulfide) groups is 2. The molecule has 0 bridgehead atoms. The lowest BCUT2D eigenvalue weighted by molar-refractivity contribution is -0.128. The Morgan fingerprint density at radius 1 is 1.00 bits per heavy atom. The smallest absolute Gasteiger partial charge is 0.233 e. The number of carbonyl (C=O) groups is 1. The first-order chi connectivity index (χ1) is 16.0. The fourth-order valence-electron chi connectivity index (χ4n) is 3.71. The molecule has 2 aromatic carbocycles. The third-order valence-corrected chi connectivity index (χ3v) is 8.96. The highest BCUT2D eigenvalue weighted by molar-refractivity contribution is 8.03. The Labute approximate surface area is 209 Å². The SMILES string of the molecule is Cc1cccc(N2CCN(C(=O)CSc3nnc(SCc4ccc(C(C)C)cc4)s3)CC2)c1. The summed E-state index contributed by atoms with van der Waals surface area (Å²) in [5, 5.41) is 8.57. The molecule has 1 amide bonds. The molecule has 2 heterocycles. The second kappa shape index (κ2) is 11.4. The van der Waals surface area contributed by atoms with Crippen LogP contribution in [0.15, 0.2) is 57.2 Å². The van der Waals surface area contributed by atoms with E-state index < -0.39 is 0 Å². The van der Waals surface area contributed by atoms with Crippen LogP contribution in [0.1, 0.15) is 36.5 Å². The molecule has 0 saturated carbocycles. The maximum Gasteiger partial charge on any atom is 0.233 e. The Morgan fingerprint density at radius 2 is 1.70 bits per heavy atom. The molecule has 0 unspecified atom stereocenters. The maximum absolute atomic E-state index is 12.7. The van der Waals surface area contributed by atoms with Crippen molar-refractivity contribution in [3.05, 3.63) is 65.2 Å². The van der Waals surface area contributed by atoms with Crippen LogP contribution in [0.3, 0.4) is 0 Å². The largest absolute Gasteiger partial charge is 0.368 e. The summed E-state index contributed by atoms with van der Waals surface area (Å²) >= 11 is 4.77. The number of anilines is 1. The number of benzene rings is 2. The van der Waals surface area contributed by atoms with Gasteiger partial charge in [-0.1, -0.05) is 85.1 Å². The number of aryl methyl sites for hydroxylation is 1. The predicted octanol–water partition coefficient (Wildman–Crippen LogP) is 5.70. The highest BCUT2D eigenvalue weighted by Crippen LogP contribution is 2.31. The van der Waals surface area contributed by atoms with E-state index in [2.05, 4.69) is 84.4 Å². The molecule has 5 nitrogen and oxygen atoms in total. The van der Waals surface area contributed by atoms with E-state index in [1.54, 1.807) is 23.1 Å². The number of hydrogen-bond acceptors (Lipinski definition) is 7. The third kappa shape index (κ3) is 6.74. The zero-order valence-corrected chi connectivity index (χ0v) is 21.8. The van der Waals surface area contributed by atoms with Crippen LogP contribution in [0.5, 0.6) is 0 Å². The zero-order chi connectivity index (χ0) is 23.2. The quantitative estimate of drug-likeness (QED) is 0.371. The molecule has 0 N–H and O–H groups in total. The van der Waals surface area contributed by atoms with Gasteiger partial charge in [0.2, 0.25) is 5.91 Å². The molecule has 1 aliphatic rings. The van der Waals surface area contributed by atoms with E-state index in [1.807, 2.05) is 4.90 Å². The summed E-state index contributed by atoms with van der Waals surface area (Å²) in [5.41, 5.74) is 5.15. The first-order valence-corrected chi connectivity index (χ1v) is 14.0. The van der Waals surface area contributed by atoms with E-state index in [9.17, 15) is 4.79 Å². The summed E-state index contributed by atoms with van der Waals surface area (Å²) in [6.07, 6.45) is 0. The van der Waals surface area contributed by atoms with E-state index in [0.29, 0.717) is 11.7 Å². The number of amides is 1. The molecule has 0 aliphatic carbocycles. The van der Waals surface area contributed by atoms with Gasteiger partial charge in [0.05, 0.1) is 5.75 Å². The van der Waals surface area contributed by atoms with Crippen molar-refractivity contribution >= 4 is 46.5 Å². The number of aromatic nitrogens is 2. The minimum atomic E-state index is 0.179. The Hall–Kier alpha value is -2.03. The summed E-state index contributed by atoms with van der Waals surface area (Å²) < 4.78 is 1.81. The molecule has 1 fully saturated rings. The normalized spacial score (nSPS) is 14.2. The standard InChI is InChI=1S/C25H30N4OS3/c1-18(2)21-9-7-20(8-10-21)16-31-24-26-27-25(33-24)32-17-23(30)29-13-11-28(12-14-29)22-6-4-5-19(3)15-22/h4-10,15,18H,11-14,16-17H2,1-3H3. The summed E-state index contributed by atoms with van der Waals surface area (Å²) in [5.74, 6) is 2.02. The Morgan fingerprint density at radius 3 is 2.36 bits per heavy atom. The van der Waals surface area contributed by atoms with Crippen LogP contribution >= 0.6 is 34.9 Å². The fraction of sp³-hybridized carbons (Fsp3) is 0.400. The van der Waals surface area contributed by atoms with Crippen molar-refractivity contribution in [3.63, 3.8) is 0 Å². The Balaban J connectivity index is 1.20. The van der Waals surface area contributed by atoms with Gasteiger partial charge in [0, 0.05) is 37.6 Å². The summed E-state index contributed by atoms with van der Waals surface area (Å²) in [6.45, 7) is 9.80. The first kappa shape index (κ1) is 24.1. The lowest BCUT2D eigenvalue weighted by Crippen LogP contribution is -2.49. The van der Waals surface area contributed by atoms with Gasteiger partial charge in [-0.15, -0.1) is 10.2 Å². The minimum absolute atomic E-state index is 0.179. The van der Waals surface area contributed by atoms with Crippen LogP contribution in [0, 0.1) is 6.92 Å². The molecule has 3 aromatic rings. The number of hydrogen-bond donors (Lipinski definition) is 0. The maximum atomic E-state index is 12.7. The van der Waals surface area contributed by atoms with Gasteiger partial charge in [-0.05, 0) is 41.7 Å². The van der Waals surface area contributed by atoms with Crippen LogP contribution in [-0.2, 0) is 10.5 Å². The average Bonchev–Trinajstić information content (AvgIpc) is 3.29. The van der Waals surface area contributed by atoms with Crippen molar-refractivity contribution in [3.8, 4) is 0 Å². The highest BCUT2D eigenvalue weighted by atomic mass is 32.2. The minimum Gasteiger partial charge on any atom is -0.368 e. The predicted molar refractivity (Wildman–Crippen MR) is 141 cm³/mol. The Bertz CT molecular complexity index is 1060. The average molecular weight is 499 g/mol. The molecule has 0 atom stereocenters. The van der Waals surface area contributed by atoms with Gasteiger partial charge in [0.1, 0.15) is 0 Å². The van der Waals surface area contributed by atoms with Crippen molar-refractivity contribution in [2.24, 2.45) is 0 Å². The molecular weight excluding hydrogens is 469 g/mol. The van der Waals surface area contributed by atoms with Gasteiger partial charge >= 0.3 is 0 Å².